The van der Waals surface area contributed by atoms with Crippen LogP contribution in [0.25, 0.3) is 0 Å². The summed E-state index contributed by atoms with van der Waals surface area (Å²) in [7, 11) is 1.47. The highest BCUT2D eigenvalue weighted by Gasteiger charge is 2.19. The molecule has 0 aromatic heterocycles. The molecule has 0 heterocycles. The van der Waals surface area contributed by atoms with Gasteiger partial charge in [0.2, 0.25) is 0 Å². The van der Waals surface area contributed by atoms with Gasteiger partial charge < -0.3 is 19.9 Å². The number of amides is 1. The lowest BCUT2D eigenvalue weighted by atomic mass is 10.2. The second-order valence-corrected chi connectivity index (χ2v) is 4.34. The van der Waals surface area contributed by atoms with Gasteiger partial charge in [-0.15, -0.1) is 0 Å². The molecular formula is C14H19NO5. The highest BCUT2D eigenvalue weighted by atomic mass is 16.5. The molecule has 0 radical (unpaired) electrons. The number of aryl methyl sites for hydroxylation is 1. The second-order valence-electron chi connectivity index (χ2n) is 4.34. The normalized spacial score (nSPS) is 11.7. The maximum absolute atomic E-state index is 11.6. The fraction of sp³-hybridized carbons (Fsp3) is 0.429. The van der Waals surface area contributed by atoms with Gasteiger partial charge in [0.25, 0.3) is 5.91 Å². The van der Waals surface area contributed by atoms with Crippen LogP contribution in [0.5, 0.6) is 5.75 Å². The van der Waals surface area contributed by atoms with E-state index in [4.69, 9.17) is 14.6 Å². The van der Waals surface area contributed by atoms with Gasteiger partial charge in [-0.3, -0.25) is 4.79 Å². The molecule has 0 fully saturated rings. The molecule has 2 N–H and O–H groups in total. The van der Waals surface area contributed by atoms with Gasteiger partial charge >= 0.3 is 5.97 Å². The van der Waals surface area contributed by atoms with E-state index < -0.39 is 17.9 Å². The van der Waals surface area contributed by atoms with E-state index in [-0.39, 0.29) is 19.6 Å². The number of methoxy groups -OCH3 is 1. The molecule has 0 aliphatic carbocycles. The molecule has 1 atom stereocenters. The Hall–Kier alpha value is -2.08. The Morgan fingerprint density at radius 3 is 2.75 bits per heavy atom. The van der Waals surface area contributed by atoms with E-state index in [1.807, 2.05) is 19.1 Å². The van der Waals surface area contributed by atoms with Crippen molar-refractivity contribution in [3.63, 3.8) is 0 Å². The monoisotopic (exact) mass is 281 g/mol. The van der Waals surface area contributed by atoms with Crippen LogP contribution >= 0.6 is 0 Å². The molecule has 1 amide bonds. The lowest BCUT2D eigenvalue weighted by Gasteiger charge is -2.14. The minimum atomic E-state index is -1.09. The highest BCUT2D eigenvalue weighted by Crippen LogP contribution is 2.11. The van der Waals surface area contributed by atoms with Gasteiger partial charge in [0.1, 0.15) is 11.8 Å². The summed E-state index contributed by atoms with van der Waals surface area (Å²) in [6, 6.07) is 6.30. The number of hydrogen-bond acceptors (Lipinski definition) is 4. The molecule has 1 rings (SSSR count). The molecular weight excluding hydrogens is 262 g/mol. The zero-order valence-electron chi connectivity index (χ0n) is 11.6. The largest absolute Gasteiger partial charge is 0.484 e. The van der Waals surface area contributed by atoms with Gasteiger partial charge in [-0.2, -0.15) is 0 Å². The Bertz CT molecular complexity index is 461. The molecule has 1 unspecified atom stereocenters. The minimum Gasteiger partial charge on any atom is -0.484 e. The standard InChI is InChI=1S/C14H19NO5/c1-10-4-3-5-11(8-10)20-9-13(16)15-12(14(17)18)6-7-19-2/h3-5,8,12H,6-7,9H2,1-2H3,(H,15,16)(H,17,18). The molecule has 0 aliphatic rings. The summed E-state index contributed by atoms with van der Waals surface area (Å²) in [6.07, 6.45) is 0.210. The van der Waals surface area contributed by atoms with Crippen LogP contribution in [-0.2, 0) is 14.3 Å². The zero-order valence-corrected chi connectivity index (χ0v) is 11.6. The molecule has 0 saturated carbocycles. The first-order valence-electron chi connectivity index (χ1n) is 6.23. The number of rotatable bonds is 8. The third-order valence-corrected chi connectivity index (χ3v) is 2.60. The summed E-state index contributed by atoms with van der Waals surface area (Å²) >= 11 is 0. The zero-order chi connectivity index (χ0) is 15.0. The number of carboxylic acids is 1. The fourth-order valence-electron chi connectivity index (χ4n) is 1.58. The van der Waals surface area contributed by atoms with E-state index in [1.54, 1.807) is 12.1 Å². The predicted octanol–water partition coefficient (Wildman–Crippen LogP) is 0.980. The van der Waals surface area contributed by atoms with E-state index >= 15 is 0 Å². The fourth-order valence-corrected chi connectivity index (χ4v) is 1.58. The molecule has 1 aromatic rings. The van der Waals surface area contributed by atoms with Crippen LogP contribution in [-0.4, -0.2) is 43.3 Å². The number of ether oxygens (including phenoxy) is 2. The molecule has 20 heavy (non-hydrogen) atoms. The van der Waals surface area contributed by atoms with Crippen molar-refractivity contribution in [3.8, 4) is 5.75 Å². The molecule has 0 bridgehead atoms. The van der Waals surface area contributed by atoms with E-state index in [9.17, 15) is 9.59 Å². The van der Waals surface area contributed by atoms with Crippen molar-refractivity contribution in [2.24, 2.45) is 0 Å². The van der Waals surface area contributed by atoms with Crippen molar-refractivity contribution in [1.82, 2.24) is 5.32 Å². The molecule has 1 aromatic carbocycles. The lowest BCUT2D eigenvalue weighted by Crippen LogP contribution is -2.43. The van der Waals surface area contributed by atoms with Gasteiger partial charge in [0.15, 0.2) is 6.61 Å². The first kappa shape index (κ1) is 16.0. The summed E-state index contributed by atoms with van der Waals surface area (Å²) in [5, 5.41) is 11.4. The lowest BCUT2D eigenvalue weighted by molar-refractivity contribution is -0.142. The Morgan fingerprint density at radius 2 is 2.15 bits per heavy atom. The molecule has 6 nitrogen and oxygen atoms in total. The van der Waals surface area contributed by atoms with E-state index in [0.29, 0.717) is 5.75 Å². The van der Waals surface area contributed by atoms with Crippen molar-refractivity contribution in [1.29, 1.82) is 0 Å². The topological polar surface area (TPSA) is 84.9 Å². The van der Waals surface area contributed by atoms with Crippen molar-refractivity contribution in [2.75, 3.05) is 20.3 Å². The number of carbonyl (C=O) groups is 2. The summed E-state index contributed by atoms with van der Waals surface area (Å²) < 4.78 is 10.1. The summed E-state index contributed by atoms with van der Waals surface area (Å²) in [5.41, 5.74) is 1.02. The van der Waals surface area contributed by atoms with Gasteiger partial charge in [0.05, 0.1) is 0 Å². The van der Waals surface area contributed by atoms with Gasteiger partial charge in [-0.1, -0.05) is 12.1 Å². The quantitative estimate of drug-likeness (QED) is 0.742. The Balaban J connectivity index is 2.43. The van der Waals surface area contributed by atoms with Crippen LogP contribution in [0.2, 0.25) is 0 Å². The van der Waals surface area contributed by atoms with E-state index in [0.717, 1.165) is 5.56 Å². The third-order valence-electron chi connectivity index (χ3n) is 2.60. The first-order chi connectivity index (χ1) is 9.52. The number of aliphatic carboxylic acids is 1. The SMILES string of the molecule is COCCC(NC(=O)COc1cccc(C)c1)C(=O)O. The van der Waals surface area contributed by atoms with Gasteiger partial charge in [-0.25, -0.2) is 4.79 Å². The van der Waals surface area contributed by atoms with Crippen LogP contribution < -0.4 is 10.1 Å². The third kappa shape index (κ3) is 5.71. The van der Waals surface area contributed by atoms with Gasteiger partial charge in [-0.05, 0) is 24.6 Å². The highest BCUT2D eigenvalue weighted by molar-refractivity contribution is 5.84. The average Bonchev–Trinajstić information content (AvgIpc) is 2.41. The van der Waals surface area contributed by atoms with Crippen molar-refractivity contribution >= 4 is 11.9 Å². The van der Waals surface area contributed by atoms with E-state index in [1.165, 1.54) is 7.11 Å². The molecule has 6 heteroatoms. The van der Waals surface area contributed by atoms with E-state index in [2.05, 4.69) is 5.32 Å². The summed E-state index contributed by atoms with van der Waals surface area (Å²) in [6.45, 7) is 1.95. The van der Waals surface area contributed by atoms with Crippen LogP contribution in [0.15, 0.2) is 24.3 Å². The summed E-state index contributed by atoms with van der Waals surface area (Å²) in [4.78, 5) is 22.6. The van der Waals surface area contributed by atoms with Crippen LogP contribution in [0, 0.1) is 6.92 Å². The van der Waals surface area contributed by atoms with Crippen LogP contribution in [0.3, 0.4) is 0 Å². The molecule has 110 valence electrons. The number of benzene rings is 1. The van der Waals surface area contributed by atoms with Crippen molar-refractivity contribution in [3.05, 3.63) is 29.8 Å². The molecule has 0 aliphatic heterocycles. The number of hydrogen-bond donors (Lipinski definition) is 2. The van der Waals surface area contributed by atoms with Crippen LogP contribution in [0.1, 0.15) is 12.0 Å². The number of nitrogens with one attached hydrogen (secondary N) is 1. The smallest absolute Gasteiger partial charge is 0.326 e. The number of carbonyl (C=O) groups excluding carboxylic acids is 1. The van der Waals surface area contributed by atoms with Crippen LogP contribution in [0.4, 0.5) is 0 Å². The molecule has 0 saturated heterocycles. The van der Waals surface area contributed by atoms with Crippen molar-refractivity contribution in [2.45, 2.75) is 19.4 Å². The van der Waals surface area contributed by atoms with Crippen molar-refractivity contribution < 1.29 is 24.2 Å². The Labute approximate surface area is 117 Å². The average molecular weight is 281 g/mol. The minimum absolute atomic E-state index is 0.210. The first-order valence-corrected chi connectivity index (χ1v) is 6.23. The maximum Gasteiger partial charge on any atom is 0.326 e. The second kappa shape index (κ2) is 8.16. The number of carboxylic acid groups (broad SMARTS) is 1. The maximum atomic E-state index is 11.6. The summed E-state index contributed by atoms with van der Waals surface area (Å²) in [5.74, 6) is -0.995. The Morgan fingerprint density at radius 1 is 1.40 bits per heavy atom. The predicted molar refractivity (Wildman–Crippen MR) is 72.7 cm³/mol. The Kier molecular flexibility index (Phi) is 6.52. The van der Waals surface area contributed by atoms with Gasteiger partial charge in [0, 0.05) is 20.1 Å². The molecule has 0 spiro atoms.